The first kappa shape index (κ1) is 22.4. The van der Waals surface area contributed by atoms with Gasteiger partial charge in [-0.3, -0.25) is 4.79 Å². The van der Waals surface area contributed by atoms with E-state index in [0.717, 1.165) is 18.4 Å². The summed E-state index contributed by atoms with van der Waals surface area (Å²) in [6.45, 7) is 1.59. The van der Waals surface area contributed by atoms with Crippen molar-refractivity contribution in [1.82, 2.24) is 5.32 Å². The summed E-state index contributed by atoms with van der Waals surface area (Å²) in [5.74, 6) is 0.131. The highest BCUT2D eigenvalue weighted by atomic mass is 16.5. The molecule has 0 spiro atoms. The van der Waals surface area contributed by atoms with Gasteiger partial charge in [0.1, 0.15) is 0 Å². The third-order valence-electron chi connectivity index (χ3n) is 5.43. The Balaban J connectivity index is 1.51. The lowest BCUT2D eigenvalue weighted by Crippen LogP contribution is -2.31. The van der Waals surface area contributed by atoms with Crippen LogP contribution in [0.1, 0.15) is 48.1 Å². The Hall–Kier alpha value is -3.28. The van der Waals surface area contributed by atoms with Crippen LogP contribution >= 0.6 is 0 Å². The summed E-state index contributed by atoms with van der Waals surface area (Å²) in [5.41, 5.74) is 4.51. The van der Waals surface area contributed by atoms with Crippen LogP contribution in [0, 0.1) is 0 Å². The molecule has 1 aliphatic carbocycles. The number of fused-ring (bicyclic) bond motifs is 1. The van der Waals surface area contributed by atoms with Crippen LogP contribution in [-0.2, 0) is 27.2 Å². The Morgan fingerprint density at radius 1 is 1.06 bits per heavy atom. The summed E-state index contributed by atoms with van der Waals surface area (Å²) in [6, 6.07) is 11.6. The second kappa shape index (κ2) is 10.7. The zero-order valence-electron chi connectivity index (χ0n) is 18.3. The van der Waals surface area contributed by atoms with Crippen molar-refractivity contribution in [3.05, 3.63) is 64.7 Å². The topological polar surface area (TPSA) is 73.9 Å². The highest BCUT2D eigenvalue weighted by Gasteiger charge is 2.15. The van der Waals surface area contributed by atoms with Crippen LogP contribution in [0.5, 0.6) is 11.5 Å². The van der Waals surface area contributed by atoms with E-state index in [0.29, 0.717) is 17.1 Å². The minimum absolute atomic E-state index is 0.157. The van der Waals surface area contributed by atoms with Gasteiger partial charge in [0, 0.05) is 11.6 Å². The molecule has 6 nitrogen and oxygen atoms in total. The van der Waals surface area contributed by atoms with Crippen molar-refractivity contribution < 1.29 is 23.8 Å². The Kier molecular flexibility index (Phi) is 7.70. The largest absolute Gasteiger partial charge is 0.493 e. The molecular formula is C25H29NO5. The molecule has 0 fully saturated rings. The van der Waals surface area contributed by atoms with E-state index in [1.807, 2.05) is 6.92 Å². The molecule has 0 aliphatic heterocycles. The summed E-state index contributed by atoms with van der Waals surface area (Å²) in [6.07, 6.45) is 7.49. The number of hydrogen-bond donors (Lipinski definition) is 1. The van der Waals surface area contributed by atoms with Gasteiger partial charge in [-0.2, -0.15) is 0 Å². The number of rotatable bonds is 8. The van der Waals surface area contributed by atoms with Crippen LogP contribution in [0.4, 0.5) is 0 Å². The number of hydrogen-bond acceptors (Lipinski definition) is 5. The third kappa shape index (κ3) is 5.87. The van der Waals surface area contributed by atoms with Gasteiger partial charge in [-0.1, -0.05) is 30.3 Å². The van der Waals surface area contributed by atoms with Gasteiger partial charge in [0.2, 0.25) is 0 Å². The Labute approximate surface area is 183 Å². The number of nitrogens with one attached hydrogen (secondary N) is 1. The second-order valence-corrected chi connectivity index (χ2v) is 7.55. The van der Waals surface area contributed by atoms with Crippen molar-refractivity contribution in [1.29, 1.82) is 0 Å². The van der Waals surface area contributed by atoms with Gasteiger partial charge < -0.3 is 19.5 Å². The number of benzene rings is 2. The number of carbonyl (C=O) groups excluding carboxylic acids is 2. The van der Waals surface area contributed by atoms with Crippen LogP contribution in [-0.4, -0.2) is 32.7 Å². The van der Waals surface area contributed by atoms with Crippen molar-refractivity contribution in [2.24, 2.45) is 0 Å². The van der Waals surface area contributed by atoms with Crippen molar-refractivity contribution in [2.75, 3.05) is 20.8 Å². The van der Waals surface area contributed by atoms with Gasteiger partial charge in [0.05, 0.1) is 20.3 Å². The maximum Gasteiger partial charge on any atom is 0.331 e. The van der Waals surface area contributed by atoms with E-state index in [1.54, 1.807) is 31.4 Å². The van der Waals surface area contributed by atoms with E-state index in [1.165, 1.54) is 37.2 Å². The number of ether oxygens (including phenoxy) is 3. The first-order valence-electron chi connectivity index (χ1n) is 10.5. The van der Waals surface area contributed by atoms with Crippen molar-refractivity contribution in [3.63, 3.8) is 0 Å². The van der Waals surface area contributed by atoms with Crippen LogP contribution < -0.4 is 14.8 Å². The fraction of sp³-hybridized carbons (Fsp3) is 0.360. The Morgan fingerprint density at radius 2 is 1.84 bits per heavy atom. The van der Waals surface area contributed by atoms with Crippen molar-refractivity contribution in [3.8, 4) is 11.5 Å². The molecular weight excluding hydrogens is 394 g/mol. The fourth-order valence-corrected chi connectivity index (χ4v) is 3.78. The average molecular weight is 424 g/mol. The lowest BCUT2D eigenvalue weighted by molar-refractivity contribution is -0.144. The number of aryl methyl sites for hydroxylation is 2. The average Bonchev–Trinajstić information content (AvgIpc) is 2.80. The van der Waals surface area contributed by atoms with E-state index in [4.69, 9.17) is 14.2 Å². The number of esters is 1. The molecule has 1 atom stereocenters. The molecule has 164 valence electrons. The van der Waals surface area contributed by atoms with E-state index in [9.17, 15) is 9.59 Å². The Morgan fingerprint density at radius 3 is 2.58 bits per heavy atom. The number of para-hydroxylation sites is 1. The highest BCUT2D eigenvalue weighted by Crippen LogP contribution is 2.31. The predicted molar refractivity (Wildman–Crippen MR) is 119 cm³/mol. The Bertz CT molecular complexity index is 966. The van der Waals surface area contributed by atoms with Crippen LogP contribution in [0.3, 0.4) is 0 Å². The molecule has 0 aromatic heterocycles. The molecule has 1 aliphatic rings. The minimum Gasteiger partial charge on any atom is -0.493 e. The van der Waals surface area contributed by atoms with Crippen LogP contribution in [0.15, 0.2) is 42.5 Å². The standard InChI is InChI=1S/C25H29NO5/c1-17(20-12-11-18-7-4-5-8-21(18)15-20)26-23(27)16-31-24(28)14-13-19-9-6-10-22(29-2)25(19)30-3/h6,9-15,17H,4-5,7-8,16H2,1-3H3,(H,26,27)/b14-13+/t17-/m1/s1. The molecule has 1 N–H and O–H groups in total. The second-order valence-electron chi connectivity index (χ2n) is 7.55. The molecule has 0 heterocycles. The summed E-state index contributed by atoms with van der Waals surface area (Å²) < 4.78 is 15.6. The molecule has 0 saturated heterocycles. The summed E-state index contributed by atoms with van der Waals surface area (Å²) >= 11 is 0. The monoisotopic (exact) mass is 423 g/mol. The van der Waals surface area contributed by atoms with Gasteiger partial charge in [-0.25, -0.2) is 4.79 Å². The van der Waals surface area contributed by atoms with Crippen molar-refractivity contribution in [2.45, 2.75) is 38.6 Å². The summed E-state index contributed by atoms with van der Waals surface area (Å²) in [5, 5.41) is 2.89. The van der Waals surface area contributed by atoms with Gasteiger partial charge in [-0.05, 0) is 61.4 Å². The minimum atomic E-state index is -0.610. The number of amides is 1. The lowest BCUT2D eigenvalue weighted by Gasteiger charge is -2.20. The maximum atomic E-state index is 12.2. The van der Waals surface area contributed by atoms with E-state index in [2.05, 4.69) is 23.5 Å². The van der Waals surface area contributed by atoms with Crippen molar-refractivity contribution >= 4 is 18.0 Å². The summed E-state index contributed by atoms with van der Waals surface area (Å²) in [4.78, 5) is 24.3. The summed E-state index contributed by atoms with van der Waals surface area (Å²) in [7, 11) is 3.07. The first-order chi connectivity index (χ1) is 15.0. The van der Waals surface area contributed by atoms with E-state index >= 15 is 0 Å². The molecule has 3 rings (SSSR count). The molecule has 0 radical (unpaired) electrons. The van der Waals surface area contributed by atoms with E-state index < -0.39 is 5.97 Å². The highest BCUT2D eigenvalue weighted by molar-refractivity contribution is 5.90. The zero-order chi connectivity index (χ0) is 22.2. The molecule has 2 aromatic carbocycles. The normalized spacial score (nSPS) is 13.9. The molecule has 1 amide bonds. The van der Waals surface area contributed by atoms with Gasteiger partial charge >= 0.3 is 5.97 Å². The zero-order valence-corrected chi connectivity index (χ0v) is 18.3. The molecule has 0 bridgehead atoms. The smallest absolute Gasteiger partial charge is 0.331 e. The van der Waals surface area contributed by atoms with Crippen LogP contribution in [0.25, 0.3) is 6.08 Å². The predicted octanol–water partition coefficient (Wildman–Crippen LogP) is 4.02. The SMILES string of the molecule is COc1cccc(/C=C/C(=O)OCC(=O)N[C@H](C)c2ccc3c(c2)CCCC3)c1OC. The molecule has 6 heteroatoms. The number of carbonyl (C=O) groups is 2. The van der Waals surface area contributed by atoms with Gasteiger partial charge in [0.25, 0.3) is 5.91 Å². The van der Waals surface area contributed by atoms with E-state index in [-0.39, 0.29) is 18.6 Å². The number of methoxy groups -OCH3 is 2. The first-order valence-corrected chi connectivity index (χ1v) is 10.5. The molecule has 31 heavy (non-hydrogen) atoms. The lowest BCUT2D eigenvalue weighted by atomic mass is 9.89. The molecule has 0 unspecified atom stereocenters. The van der Waals surface area contributed by atoms with Gasteiger partial charge in [0.15, 0.2) is 18.1 Å². The van der Waals surface area contributed by atoms with Gasteiger partial charge in [-0.15, -0.1) is 0 Å². The molecule has 0 saturated carbocycles. The third-order valence-corrected chi connectivity index (χ3v) is 5.43. The maximum absolute atomic E-state index is 12.2. The molecule has 2 aromatic rings. The fourth-order valence-electron chi connectivity index (χ4n) is 3.78. The van der Waals surface area contributed by atoms with Crippen LogP contribution in [0.2, 0.25) is 0 Å². The quantitative estimate of drug-likeness (QED) is 0.513.